The fourth-order valence-corrected chi connectivity index (χ4v) is 5.95. The third kappa shape index (κ3) is 2.95. The van der Waals surface area contributed by atoms with Crippen LogP contribution in [0.25, 0.3) is 43.6 Å². The summed E-state index contributed by atoms with van der Waals surface area (Å²) in [5.41, 5.74) is 1.13. The standard InChI is InChI=1S/C26H21N3O10/c30-6-14-21(34)22(35)23(36)26(39-14)29-11-2-1-7(31)3-9(11)16-18-17(24(37)28-25(18)38)15-8-4-12(32)13(33)5-10(8)27-19(15)20(16)29/h1-5,14,21-23,26-27,30-36H,6H2,(H,28,37,38)/t14-,21+,22-,23-,26?/m1/s1. The zero-order valence-electron chi connectivity index (χ0n) is 19.8. The van der Waals surface area contributed by atoms with Crippen LogP contribution in [-0.2, 0) is 4.74 Å². The number of amides is 2. The summed E-state index contributed by atoms with van der Waals surface area (Å²) >= 11 is 0. The van der Waals surface area contributed by atoms with Crippen LogP contribution in [0, 0.1) is 0 Å². The summed E-state index contributed by atoms with van der Waals surface area (Å²) in [7, 11) is 0. The Balaban J connectivity index is 1.72. The third-order valence-corrected chi connectivity index (χ3v) is 7.67. The number of phenols is 3. The number of nitrogens with zero attached hydrogens (tertiary/aromatic N) is 1. The molecule has 2 aliphatic heterocycles. The second-order valence-corrected chi connectivity index (χ2v) is 9.81. The topological polar surface area (TPSA) is 218 Å². The molecule has 0 saturated carbocycles. The van der Waals surface area contributed by atoms with Crippen molar-refractivity contribution in [3.63, 3.8) is 0 Å². The van der Waals surface area contributed by atoms with Crippen molar-refractivity contribution < 1.29 is 50.1 Å². The number of aromatic amines is 1. The summed E-state index contributed by atoms with van der Waals surface area (Å²) in [6.45, 7) is -0.675. The molecule has 0 bridgehead atoms. The van der Waals surface area contributed by atoms with E-state index in [9.17, 15) is 45.3 Å². The van der Waals surface area contributed by atoms with Crippen molar-refractivity contribution in [3.8, 4) is 17.2 Å². The minimum absolute atomic E-state index is 0.00929. The number of ether oxygens (including phenoxy) is 1. The quantitative estimate of drug-likeness (QED) is 0.112. The molecule has 2 aromatic heterocycles. The van der Waals surface area contributed by atoms with Gasteiger partial charge in [0.05, 0.1) is 39.8 Å². The third-order valence-electron chi connectivity index (χ3n) is 7.67. The van der Waals surface area contributed by atoms with Gasteiger partial charge in [-0.1, -0.05) is 0 Å². The number of hydrogen-bond donors (Lipinski definition) is 9. The molecule has 5 aromatic rings. The summed E-state index contributed by atoms with van der Waals surface area (Å²) in [4.78, 5) is 29.4. The van der Waals surface area contributed by atoms with Crippen molar-refractivity contribution in [1.82, 2.24) is 14.9 Å². The molecule has 13 nitrogen and oxygen atoms in total. The highest BCUT2D eigenvalue weighted by Gasteiger charge is 2.46. The van der Waals surface area contributed by atoms with Crippen LogP contribution in [0.4, 0.5) is 0 Å². The molecule has 1 saturated heterocycles. The average Bonchev–Trinajstić information content (AvgIpc) is 3.52. The highest BCUT2D eigenvalue weighted by molar-refractivity contribution is 6.39. The molecule has 9 N–H and O–H groups in total. The first-order chi connectivity index (χ1) is 18.6. The first-order valence-corrected chi connectivity index (χ1v) is 12.0. The number of aliphatic hydroxyl groups excluding tert-OH is 4. The lowest BCUT2D eigenvalue weighted by atomic mass is 9.96. The van der Waals surface area contributed by atoms with E-state index in [1.165, 1.54) is 34.9 Å². The van der Waals surface area contributed by atoms with Crippen LogP contribution >= 0.6 is 0 Å². The van der Waals surface area contributed by atoms with Crippen molar-refractivity contribution in [2.45, 2.75) is 30.6 Å². The summed E-state index contributed by atoms with van der Waals surface area (Å²) in [5, 5.41) is 75.8. The van der Waals surface area contributed by atoms with Gasteiger partial charge in [0, 0.05) is 27.6 Å². The molecule has 2 aliphatic rings. The van der Waals surface area contributed by atoms with Crippen molar-refractivity contribution in [1.29, 1.82) is 0 Å². The number of imide groups is 1. The molecular weight excluding hydrogens is 514 g/mol. The van der Waals surface area contributed by atoms with Crippen molar-refractivity contribution in [3.05, 3.63) is 41.5 Å². The van der Waals surface area contributed by atoms with Gasteiger partial charge in [-0.15, -0.1) is 0 Å². The molecule has 2 amide bonds. The first-order valence-electron chi connectivity index (χ1n) is 12.0. The molecule has 5 atom stereocenters. The van der Waals surface area contributed by atoms with Crippen LogP contribution in [0.5, 0.6) is 17.2 Å². The van der Waals surface area contributed by atoms with Crippen LogP contribution in [0.3, 0.4) is 0 Å². The molecular formula is C26H21N3O10. The van der Waals surface area contributed by atoms with Gasteiger partial charge >= 0.3 is 0 Å². The van der Waals surface area contributed by atoms with Gasteiger partial charge in [-0.2, -0.15) is 0 Å². The Kier molecular flexibility index (Phi) is 4.75. The monoisotopic (exact) mass is 535 g/mol. The van der Waals surface area contributed by atoms with Gasteiger partial charge in [0.15, 0.2) is 17.7 Å². The second kappa shape index (κ2) is 7.81. The molecule has 200 valence electrons. The first kappa shape index (κ1) is 23.7. The molecule has 0 radical (unpaired) electrons. The van der Waals surface area contributed by atoms with Crippen molar-refractivity contribution in [2.75, 3.05) is 6.61 Å². The predicted octanol–water partition coefficient (Wildman–Crippen LogP) is 0.402. The van der Waals surface area contributed by atoms with E-state index in [1.807, 2.05) is 0 Å². The highest BCUT2D eigenvalue weighted by Crippen LogP contribution is 2.47. The molecule has 0 aliphatic carbocycles. The van der Waals surface area contributed by atoms with Gasteiger partial charge in [0.1, 0.15) is 30.2 Å². The average molecular weight is 535 g/mol. The predicted molar refractivity (Wildman–Crippen MR) is 135 cm³/mol. The van der Waals surface area contributed by atoms with E-state index < -0.39 is 60.6 Å². The lowest BCUT2D eigenvalue weighted by Crippen LogP contribution is -2.56. The lowest BCUT2D eigenvalue weighted by molar-refractivity contribution is -0.249. The maximum Gasteiger partial charge on any atom is 0.259 e. The van der Waals surface area contributed by atoms with E-state index in [2.05, 4.69) is 10.3 Å². The fraction of sp³-hybridized carbons (Fsp3) is 0.231. The van der Waals surface area contributed by atoms with Crippen LogP contribution in [0.2, 0.25) is 0 Å². The molecule has 7 rings (SSSR count). The number of aromatic hydroxyl groups is 3. The number of rotatable bonds is 2. The number of hydrogen-bond acceptors (Lipinski definition) is 10. The molecule has 4 heterocycles. The molecule has 3 aromatic carbocycles. The number of benzene rings is 3. The zero-order chi connectivity index (χ0) is 27.5. The Morgan fingerprint density at radius 3 is 2.26 bits per heavy atom. The van der Waals surface area contributed by atoms with Gasteiger partial charge in [0.2, 0.25) is 0 Å². The minimum atomic E-state index is -1.71. The van der Waals surface area contributed by atoms with Gasteiger partial charge in [-0.3, -0.25) is 14.9 Å². The van der Waals surface area contributed by atoms with E-state index in [4.69, 9.17) is 4.74 Å². The van der Waals surface area contributed by atoms with Crippen molar-refractivity contribution in [2.24, 2.45) is 0 Å². The van der Waals surface area contributed by atoms with Gasteiger partial charge in [-0.05, 0) is 24.3 Å². The lowest BCUT2D eigenvalue weighted by Gasteiger charge is -2.41. The van der Waals surface area contributed by atoms with E-state index in [0.29, 0.717) is 21.8 Å². The largest absolute Gasteiger partial charge is 0.508 e. The Hall–Kier alpha value is -4.40. The Labute approximate surface area is 216 Å². The second-order valence-electron chi connectivity index (χ2n) is 9.81. The Morgan fingerprint density at radius 1 is 0.846 bits per heavy atom. The Bertz CT molecular complexity index is 1910. The zero-order valence-corrected chi connectivity index (χ0v) is 19.8. The van der Waals surface area contributed by atoms with Crippen LogP contribution in [-0.4, -0.2) is 88.1 Å². The smallest absolute Gasteiger partial charge is 0.259 e. The van der Waals surface area contributed by atoms with E-state index in [1.54, 1.807) is 0 Å². The van der Waals surface area contributed by atoms with Gasteiger partial charge < -0.3 is 50.0 Å². The fourth-order valence-electron chi connectivity index (χ4n) is 5.95. The van der Waals surface area contributed by atoms with Crippen molar-refractivity contribution >= 4 is 55.4 Å². The SMILES string of the molecule is O=C1NC(=O)c2c1c1c3cc(O)c(O)cc3[nH]c1c1c2c2cc(O)ccc2n1C1O[C@H](CO)[C@H](O)[C@@H](O)[C@H]1O. The van der Waals surface area contributed by atoms with Gasteiger partial charge in [0.25, 0.3) is 11.8 Å². The minimum Gasteiger partial charge on any atom is -0.508 e. The summed E-state index contributed by atoms with van der Waals surface area (Å²) < 4.78 is 7.34. The number of nitrogens with one attached hydrogen (secondary N) is 2. The number of fused-ring (bicyclic) bond motifs is 10. The van der Waals surface area contributed by atoms with Crippen LogP contribution < -0.4 is 5.32 Å². The maximum absolute atomic E-state index is 13.2. The van der Waals surface area contributed by atoms with E-state index in [-0.39, 0.29) is 38.7 Å². The van der Waals surface area contributed by atoms with Crippen LogP contribution in [0.15, 0.2) is 30.3 Å². The summed E-state index contributed by atoms with van der Waals surface area (Å²) in [5.74, 6) is -2.44. The summed E-state index contributed by atoms with van der Waals surface area (Å²) in [6.07, 6.45) is -7.68. The maximum atomic E-state index is 13.2. The number of carbonyl (C=O) groups is 2. The molecule has 1 unspecified atom stereocenters. The number of H-pyrrole nitrogens is 1. The Morgan fingerprint density at radius 2 is 1.54 bits per heavy atom. The summed E-state index contributed by atoms with van der Waals surface area (Å²) in [6, 6.07) is 6.74. The number of phenolic OH excluding ortho intramolecular Hbond substituents is 3. The normalized spacial score (nSPS) is 25.3. The molecule has 1 fully saturated rings. The number of carbonyl (C=O) groups excluding carboxylic acids is 2. The molecule has 0 spiro atoms. The van der Waals surface area contributed by atoms with Gasteiger partial charge in [-0.25, -0.2) is 0 Å². The van der Waals surface area contributed by atoms with Crippen LogP contribution in [0.1, 0.15) is 26.9 Å². The number of aliphatic hydroxyl groups is 4. The van der Waals surface area contributed by atoms with E-state index >= 15 is 0 Å². The molecule has 13 heteroatoms. The highest BCUT2D eigenvalue weighted by atomic mass is 16.6. The number of aromatic nitrogens is 2. The molecule has 39 heavy (non-hydrogen) atoms. The van der Waals surface area contributed by atoms with E-state index in [0.717, 1.165) is 0 Å².